The summed E-state index contributed by atoms with van der Waals surface area (Å²) in [5, 5.41) is 0. The summed E-state index contributed by atoms with van der Waals surface area (Å²) in [5.74, 6) is 0.345. The summed E-state index contributed by atoms with van der Waals surface area (Å²) >= 11 is 0. The summed E-state index contributed by atoms with van der Waals surface area (Å²) in [6.45, 7) is 0. The van der Waals surface area contributed by atoms with Crippen molar-refractivity contribution >= 4 is 11.6 Å². The molecule has 0 spiro atoms. The van der Waals surface area contributed by atoms with Crippen LogP contribution in [0.4, 0.5) is 0 Å². The smallest absolute Gasteiger partial charge is 0.263 e. The lowest BCUT2D eigenvalue weighted by Crippen LogP contribution is -2.37. The number of hydrogen-bond acceptors (Lipinski definition) is 3. The molecule has 0 N–H and O–H groups in total. The fraction of sp³-hybridized carbons (Fsp3) is 0.500. The van der Waals surface area contributed by atoms with E-state index in [1.165, 1.54) is 7.11 Å². The molecule has 4 unspecified atom stereocenters. The van der Waals surface area contributed by atoms with Crippen LogP contribution >= 0.6 is 0 Å². The lowest BCUT2D eigenvalue weighted by molar-refractivity contribution is -0.140. The molecular formula is C12H12O3. The number of Topliss-reactive ketones (excluding diaryl/α,β-unsaturated/α-hetero) is 2. The summed E-state index contributed by atoms with van der Waals surface area (Å²) in [6, 6.07) is 0. The zero-order valence-corrected chi connectivity index (χ0v) is 8.47. The van der Waals surface area contributed by atoms with Gasteiger partial charge in [0.25, 0.3) is 5.78 Å². The Morgan fingerprint density at radius 1 is 1.27 bits per heavy atom. The quantitative estimate of drug-likeness (QED) is 0.474. The monoisotopic (exact) mass is 204 g/mol. The van der Waals surface area contributed by atoms with Gasteiger partial charge in [-0.3, -0.25) is 9.59 Å². The van der Waals surface area contributed by atoms with Crippen LogP contribution in [0.2, 0.25) is 0 Å². The van der Waals surface area contributed by atoms with Gasteiger partial charge in [-0.05, 0) is 30.3 Å². The molecule has 0 saturated heterocycles. The Kier molecular flexibility index (Phi) is 1.67. The predicted molar refractivity (Wildman–Crippen MR) is 52.8 cm³/mol. The highest BCUT2D eigenvalue weighted by atomic mass is 16.5. The molecule has 0 amide bonds. The minimum atomic E-state index is -0.445. The molecule has 3 aliphatic rings. The molecule has 0 aromatic rings. The zero-order chi connectivity index (χ0) is 10.6. The van der Waals surface area contributed by atoms with Crippen molar-refractivity contribution in [3.63, 3.8) is 0 Å². The molecule has 0 aliphatic heterocycles. The minimum Gasteiger partial charge on any atom is -0.493 e. The van der Waals surface area contributed by atoms with Crippen LogP contribution in [0.15, 0.2) is 24.0 Å². The Labute approximate surface area is 87.8 Å². The number of carbonyl (C=O) groups excluding carboxylic acids is 2. The maximum absolute atomic E-state index is 11.9. The summed E-state index contributed by atoms with van der Waals surface area (Å²) in [6.07, 6.45) is 7.12. The van der Waals surface area contributed by atoms with E-state index in [0.717, 1.165) is 6.42 Å². The Morgan fingerprint density at radius 3 is 2.73 bits per heavy atom. The van der Waals surface area contributed by atoms with Crippen LogP contribution in [0, 0.1) is 23.7 Å². The Balaban J connectivity index is 2.06. The van der Waals surface area contributed by atoms with Gasteiger partial charge in [0.1, 0.15) is 0 Å². The SMILES string of the molecule is COC1=CC2C3C=CC(C3)C2C(=O)C1=O. The summed E-state index contributed by atoms with van der Waals surface area (Å²) < 4.78 is 4.96. The van der Waals surface area contributed by atoms with E-state index in [9.17, 15) is 9.59 Å². The predicted octanol–water partition coefficient (Wildman–Crippen LogP) is 1.11. The molecule has 3 heteroatoms. The van der Waals surface area contributed by atoms with E-state index < -0.39 is 5.78 Å². The van der Waals surface area contributed by atoms with Crippen molar-refractivity contribution < 1.29 is 14.3 Å². The highest BCUT2D eigenvalue weighted by Gasteiger charge is 2.51. The van der Waals surface area contributed by atoms with Crippen LogP contribution in [0.1, 0.15) is 6.42 Å². The number of fused-ring (bicyclic) bond motifs is 5. The fourth-order valence-electron chi connectivity index (χ4n) is 3.14. The molecule has 2 bridgehead atoms. The summed E-state index contributed by atoms with van der Waals surface area (Å²) in [7, 11) is 1.44. The number of ether oxygens (including phenoxy) is 1. The van der Waals surface area contributed by atoms with Crippen molar-refractivity contribution in [1.29, 1.82) is 0 Å². The van der Waals surface area contributed by atoms with Gasteiger partial charge < -0.3 is 4.74 Å². The number of allylic oxidation sites excluding steroid dienone is 4. The third kappa shape index (κ3) is 1.01. The third-order valence-electron chi connectivity index (χ3n) is 3.83. The Morgan fingerprint density at radius 2 is 2.00 bits per heavy atom. The van der Waals surface area contributed by atoms with E-state index >= 15 is 0 Å². The first kappa shape index (κ1) is 8.89. The second-order valence-electron chi connectivity index (χ2n) is 4.48. The van der Waals surface area contributed by atoms with Crippen molar-refractivity contribution in [2.45, 2.75) is 6.42 Å². The number of hydrogen-bond donors (Lipinski definition) is 0. The Hall–Kier alpha value is -1.38. The van der Waals surface area contributed by atoms with Gasteiger partial charge in [-0.2, -0.15) is 0 Å². The molecule has 1 fully saturated rings. The molecule has 1 saturated carbocycles. The second-order valence-corrected chi connectivity index (χ2v) is 4.48. The maximum Gasteiger partial charge on any atom is 0.263 e. The molecule has 0 aromatic carbocycles. The average Bonchev–Trinajstić information content (AvgIpc) is 2.83. The van der Waals surface area contributed by atoms with Crippen molar-refractivity contribution in [2.75, 3.05) is 7.11 Å². The maximum atomic E-state index is 11.9. The van der Waals surface area contributed by atoms with Crippen LogP contribution in [-0.2, 0) is 14.3 Å². The Bertz CT molecular complexity index is 405. The summed E-state index contributed by atoms with van der Waals surface area (Å²) in [4.78, 5) is 23.5. The first-order valence-electron chi connectivity index (χ1n) is 5.25. The van der Waals surface area contributed by atoms with E-state index in [-0.39, 0.29) is 29.3 Å². The average molecular weight is 204 g/mol. The van der Waals surface area contributed by atoms with Gasteiger partial charge in [-0.1, -0.05) is 12.2 Å². The van der Waals surface area contributed by atoms with E-state index in [0.29, 0.717) is 5.92 Å². The number of methoxy groups -OCH3 is 1. The van der Waals surface area contributed by atoms with E-state index in [1.807, 2.05) is 6.08 Å². The van der Waals surface area contributed by atoms with E-state index in [1.54, 1.807) is 0 Å². The molecule has 0 heterocycles. The lowest BCUT2D eigenvalue weighted by Gasteiger charge is -2.28. The van der Waals surface area contributed by atoms with Crippen molar-refractivity contribution in [3.8, 4) is 0 Å². The van der Waals surface area contributed by atoms with Crippen LogP contribution in [0.5, 0.6) is 0 Å². The second kappa shape index (κ2) is 2.81. The number of carbonyl (C=O) groups is 2. The van der Waals surface area contributed by atoms with Crippen LogP contribution in [0.25, 0.3) is 0 Å². The van der Waals surface area contributed by atoms with Gasteiger partial charge in [0, 0.05) is 5.92 Å². The first-order valence-corrected chi connectivity index (χ1v) is 5.25. The molecule has 4 atom stereocenters. The molecular weight excluding hydrogens is 192 g/mol. The topological polar surface area (TPSA) is 43.4 Å². The highest BCUT2D eigenvalue weighted by molar-refractivity contribution is 6.44. The van der Waals surface area contributed by atoms with Gasteiger partial charge in [-0.25, -0.2) is 0 Å². The van der Waals surface area contributed by atoms with E-state index in [4.69, 9.17) is 4.74 Å². The molecule has 78 valence electrons. The zero-order valence-electron chi connectivity index (χ0n) is 8.47. The van der Waals surface area contributed by atoms with Crippen molar-refractivity contribution in [2.24, 2.45) is 23.7 Å². The number of ketones is 2. The lowest BCUT2D eigenvalue weighted by atomic mass is 9.75. The normalized spacial score (nSPS) is 41.8. The first-order chi connectivity index (χ1) is 7.22. The third-order valence-corrected chi connectivity index (χ3v) is 3.83. The van der Waals surface area contributed by atoms with Gasteiger partial charge >= 0.3 is 0 Å². The minimum absolute atomic E-state index is 0.105. The van der Waals surface area contributed by atoms with Crippen molar-refractivity contribution in [3.05, 3.63) is 24.0 Å². The van der Waals surface area contributed by atoms with Gasteiger partial charge in [0.15, 0.2) is 5.76 Å². The van der Waals surface area contributed by atoms with Crippen LogP contribution < -0.4 is 0 Å². The summed E-state index contributed by atoms with van der Waals surface area (Å²) in [5.41, 5.74) is 0. The molecule has 3 aliphatic carbocycles. The molecule has 0 radical (unpaired) electrons. The molecule has 3 rings (SSSR count). The van der Waals surface area contributed by atoms with Gasteiger partial charge in [0.05, 0.1) is 7.11 Å². The standard InChI is InChI=1S/C12H12O3/c1-15-9-5-8-6-2-3-7(4-6)10(8)12(14)11(9)13/h2-3,5-8,10H,4H2,1H3. The van der Waals surface area contributed by atoms with Crippen molar-refractivity contribution in [1.82, 2.24) is 0 Å². The van der Waals surface area contributed by atoms with Gasteiger partial charge in [-0.15, -0.1) is 0 Å². The number of rotatable bonds is 1. The van der Waals surface area contributed by atoms with Gasteiger partial charge in [0.2, 0.25) is 5.78 Å². The molecule has 3 nitrogen and oxygen atoms in total. The molecule has 15 heavy (non-hydrogen) atoms. The molecule has 0 aromatic heterocycles. The fourth-order valence-corrected chi connectivity index (χ4v) is 3.14. The largest absolute Gasteiger partial charge is 0.493 e. The van der Waals surface area contributed by atoms with Crippen LogP contribution in [0.3, 0.4) is 0 Å². The van der Waals surface area contributed by atoms with Crippen LogP contribution in [-0.4, -0.2) is 18.7 Å². The van der Waals surface area contributed by atoms with E-state index in [2.05, 4.69) is 12.2 Å². The highest BCUT2D eigenvalue weighted by Crippen LogP contribution is 2.51.